The van der Waals surface area contributed by atoms with E-state index in [-0.39, 0.29) is 0 Å². The van der Waals surface area contributed by atoms with E-state index in [4.69, 9.17) is 15.2 Å². The van der Waals surface area contributed by atoms with Crippen molar-refractivity contribution >= 4 is 0 Å². The van der Waals surface area contributed by atoms with Crippen LogP contribution in [0.4, 0.5) is 0 Å². The third-order valence-electron chi connectivity index (χ3n) is 3.12. The fraction of sp³-hybridized carbons (Fsp3) is 1.00. The number of rotatable bonds is 9. The summed E-state index contributed by atoms with van der Waals surface area (Å²) in [5, 5.41) is 0. The van der Waals surface area contributed by atoms with Crippen molar-refractivity contribution in [1.82, 2.24) is 4.90 Å². The smallest absolute Gasteiger partial charge is 0.0593 e. The maximum Gasteiger partial charge on any atom is 0.0593 e. The van der Waals surface area contributed by atoms with E-state index in [9.17, 15) is 0 Å². The van der Waals surface area contributed by atoms with Crippen molar-refractivity contribution in [3.63, 3.8) is 0 Å². The van der Waals surface area contributed by atoms with E-state index in [1.807, 2.05) is 13.8 Å². The van der Waals surface area contributed by atoms with Gasteiger partial charge in [0.15, 0.2) is 0 Å². The first kappa shape index (κ1) is 13.9. The minimum absolute atomic E-state index is 0.409. The van der Waals surface area contributed by atoms with E-state index in [0.717, 1.165) is 52.4 Å². The molecule has 96 valence electrons. The summed E-state index contributed by atoms with van der Waals surface area (Å²) in [7, 11) is 0. The number of nitrogens with two attached hydrogens (primary N) is 1. The molecule has 0 aromatic carbocycles. The lowest BCUT2D eigenvalue weighted by Gasteiger charge is -2.41. The second-order valence-electron chi connectivity index (χ2n) is 4.32. The maximum atomic E-state index is 5.83. The van der Waals surface area contributed by atoms with Gasteiger partial charge in [0.1, 0.15) is 0 Å². The molecule has 0 aromatic rings. The molecule has 16 heavy (non-hydrogen) atoms. The van der Waals surface area contributed by atoms with Crippen LogP contribution in [0.3, 0.4) is 0 Å². The van der Waals surface area contributed by atoms with Gasteiger partial charge in [0.05, 0.1) is 13.2 Å². The largest absolute Gasteiger partial charge is 0.380 e. The van der Waals surface area contributed by atoms with Crippen molar-refractivity contribution in [2.45, 2.75) is 38.8 Å². The zero-order valence-electron chi connectivity index (χ0n) is 10.7. The maximum absolute atomic E-state index is 5.83. The monoisotopic (exact) mass is 230 g/mol. The molecule has 0 aliphatic heterocycles. The van der Waals surface area contributed by atoms with Crippen LogP contribution in [0.5, 0.6) is 0 Å². The van der Waals surface area contributed by atoms with Crippen LogP contribution in [0, 0.1) is 0 Å². The lowest BCUT2D eigenvalue weighted by molar-refractivity contribution is 0.0356. The summed E-state index contributed by atoms with van der Waals surface area (Å²) in [4.78, 5) is 2.45. The lowest BCUT2D eigenvalue weighted by Crippen LogP contribution is -2.52. The molecule has 4 nitrogen and oxygen atoms in total. The van der Waals surface area contributed by atoms with Gasteiger partial charge in [-0.3, -0.25) is 4.90 Å². The second kappa shape index (κ2) is 8.01. The van der Waals surface area contributed by atoms with E-state index in [1.54, 1.807) is 0 Å². The SMILES string of the molecule is CCOCCN(CCOCC)C1CC(N)C1. The highest BCUT2D eigenvalue weighted by Gasteiger charge is 2.30. The topological polar surface area (TPSA) is 47.7 Å². The Morgan fingerprint density at radius 1 is 1.06 bits per heavy atom. The van der Waals surface area contributed by atoms with Gasteiger partial charge in [0.25, 0.3) is 0 Å². The molecule has 1 aliphatic rings. The Hall–Kier alpha value is -0.160. The van der Waals surface area contributed by atoms with Gasteiger partial charge >= 0.3 is 0 Å². The molecule has 0 radical (unpaired) electrons. The predicted molar refractivity (Wildman–Crippen MR) is 65.6 cm³/mol. The summed E-state index contributed by atoms with van der Waals surface area (Å²) in [6.07, 6.45) is 2.25. The molecular weight excluding hydrogens is 204 g/mol. The van der Waals surface area contributed by atoms with Crippen LogP contribution in [0.1, 0.15) is 26.7 Å². The highest BCUT2D eigenvalue weighted by atomic mass is 16.5. The molecule has 0 bridgehead atoms. The van der Waals surface area contributed by atoms with Crippen molar-refractivity contribution in [2.75, 3.05) is 39.5 Å². The summed E-state index contributed by atoms with van der Waals surface area (Å²) in [6.45, 7) is 9.28. The Balaban J connectivity index is 2.18. The van der Waals surface area contributed by atoms with Gasteiger partial charge in [-0.1, -0.05) is 0 Å². The van der Waals surface area contributed by atoms with Crippen LogP contribution in [0.15, 0.2) is 0 Å². The molecule has 0 heterocycles. The Bertz CT molecular complexity index is 162. The Labute approximate surface area is 99.1 Å². The third kappa shape index (κ3) is 4.78. The zero-order valence-corrected chi connectivity index (χ0v) is 10.7. The fourth-order valence-electron chi connectivity index (χ4n) is 2.06. The highest BCUT2D eigenvalue weighted by molar-refractivity contribution is 4.89. The van der Waals surface area contributed by atoms with Gasteiger partial charge in [-0.2, -0.15) is 0 Å². The Morgan fingerprint density at radius 2 is 1.56 bits per heavy atom. The average Bonchev–Trinajstić information content (AvgIpc) is 2.24. The molecule has 0 atom stereocenters. The van der Waals surface area contributed by atoms with Gasteiger partial charge in [0, 0.05) is 38.4 Å². The molecule has 1 rings (SSSR count). The number of hydrogen-bond acceptors (Lipinski definition) is 4. The van der Waals surface area contributed by atoms with Gasteiger partial charge in [-0.05, 0) is 26.7 Å². The van der Waals surface area contributed by atoms with E-state index >= 15 is 0 Å². The van der Waals surface area contributed by atoms with Gasteiger partial charge < -0.3 is 15.2 Å². The molecule has 0 spiro atoms. The number of hydrogen-bond donors (Lipinski definition) is 1. The van der Waals surface area contributed by atoms with Crippen molar-refractivity contribution < 1.29 is 9.47 Å². The summed E-state index contributed by atoms with van der Waals surface area (Å²) in [5.74, 6) is 0. The molecule has 1 saturated carbocycles. The van der Waals surface area contributed by atoms with Gasteiger partial charge in [-0.15, -0.1) is 0 Å². The number of ether oxygens (including phenoxy) is 2. The highest BCUT2D eigenvalue weighted by Crippen LogP contribution is 2.23. The van der Waals surface area contributed by atoms with Crippen molar-refractivity contribution in [3.05, 3.63) is 0 Å². The molecule has 1 aliphatic carbocycles. The zero-order chi connectivity index (χ0) is 11.8. The van der Waals surface area contributed by atoms with E-state index < -0.39 is 0 Å². The van der Waals surface area contributed by atoms with Crippen molar-refractivity contribution in [2.24, 2.45) is 5.73 Å². The number of nitrogens with zero attached hydrogens (tertiary/aromatic N) is 1. The van der Waals surface area contributed by atoms with Crippen molar-refractivity contribution in [3.8, 4) is 0 Å². The minimum Gasteiger partial charge on any atom is -0.380 e. The van der Waals surface area contributed by atoms with E-state index in [2.05, 4.69) is 4.90 Å². The first-order valence-electron chi connectivity index (χ1n) is 6.43. The van der Waals surface area contributed by atoms with Gasteiger partial charge in [-0.25, -0.2) is 0 Å². The molecule has 2 N–H and O–H groups in total. The summed E-state index contributed by atoms with van der Waals surface area (Å²) in [6, 6.07) is 1.06. The third-order valence-corrected chi connectivity index (χ3v) is 3.12. The standard InChI is InChI=1S/C12H26N2O2/c1-3-15-7-5-14(6-8-16-4-2)12-9-11(13)10-12/h11-12H,3-10,13H2,1-2H3. The molecular formula is C12H26N2O2. The van der Waals surface area contributed by atoms with Crippen LogP contribution < -0.4 is 5.73 Å². The Morgan fingerprint density at radius 3 is 1.94 bits per heavy atom. The predicted octanol–water partition coefficient (Wildman–Crippen LogP) is 0.851. The molecule has 0 amide bonds. The quantitative estimate of drug-likeness (QED) is 0.597. The van der Waals surface area contributed by atoms with Crippen LogP contribution in [-0.4, -0.2) is 56.5 Å². The molecule has 4 heteroatoms. The van der Waals surface area contributed by atoms with Gasteiger partial charge in [0.2, 0.25) is 0 Å². The summed E-state index contributed by atoms with van der Waals surface area (Å²) >= 11 is 0. The van der Waals surface area contributed by atoms with Crippen LogP contribution >= 0.6 is 0 Å². The summed E-state index contributed by atoms with van der Waals surface area (Å²) in [5.41, 5.74) is 5.83. The fourth-order valence-corrected chi connectivity index (χ4v) is 2.06. The molecule has 0 unspecified atom stereocenters. The van der Waals surface area contributed by atoms with Crippen molar-refractivity contribution in [1.29, 1.82) is 0 Å². The Kier molecular flexibility index (Phi) is 6.96. The van der Waals surface area contributed by atoms with E-state index in [1.165, 1.54) is 0 Å². The molecule has 0 saturated heterocycles. The lowest BCUT2D eigenvalue weighted by atomic mass is 9.86. The first-order chi connectivity index (χ1) is 7.77. The van der Waals surface area contributed by atoms with E-state index in [0.29, 0.717) is 12.1 Å². The normalized spacial score (nSPS) is 24.8. The second-order valence-corrected chi connectivity index (χ2v) is 4.32. The minimum atomic E-state index is 0.409. The average molecular weight is 230 g/mol. The van der Waals surface area contributed by atoms with Crippen LogP contribution in [-0.2, 0) is 9.47 Å². The molecule has 1 fully saturated rings. The van der Waals surface area contributed by atoms with Crippen LogP contribution in [0.2, 0.25) is 0 Å². The summed E-state index contributed by atoms with van der Waals surface area (Å²) < 4.78 is 10.8. The van der Waals surface area contributed by atoms with Crippen LogP contribution in [0.25, 0.3) is 0 Å². The first-order valence-corrected chi connectivity index (χ1v) is 6.43. The molecule has 0 aromatic heterocycles.